The fraction of sp³-hybridized carbons (Fsp3) is 0.400. The summed E-state index contributed by atoms with van der Waals surface area (Å²) in [4.78, 5) is 46.4. The molecule has 9 rings (SSSR count). The average Bonchev–Trinajstić information content (AvgIpc) is 3.55. The molecule has 0 aromatic heterocycles. The minimum Gasteiger partial charge on any atom is -0.508 e. The van der Waals surface area contributed by atoms with Gasteiger partial charge in [0.25, 0.3) is 5.91 Å². The largest absolute Gasteiger partial charge is 0.508 e. The molecular formula is C45H49N5O5. The highest BCUT2D eigenvalue weighted by atomic mass is 16.5. The van der Waals surface area contributed by atoms with Crippen molar-refractivity contribution in [2.75, 3.05) is 62.2 Å². The molecule has 10 nitrogen and oxygen atoms in total. The van der Waals surface area contributed by atoms with E-state index in [9.17, 15) is 19.5 Å². The zero-order valence-electron chi connectivity index (χ0n) is 31.2. The number of piperazine rings is 1. The predicted octanol–water partition coefficient (Wildman–Crippen LogP) is 5.89. The third kappa shape index (κ3) is 7.15. The van der Waals surface area contributed by atoms with E-state index in [-0.39, 0.29) is 41.7 Å². The summed E-state index contributed by atoms with van der Waals surface area (Å²) in [7, 11) is 0. The van der Waals surface area contributed by atoms with E-state index in [2.05, 4.69) is 80.7 Å². The van der Waals surface area contributed by atoms with Gasteiger partial charge < -0.3 is 24.5 Å². The predicted molar refractivity (Wildman–Crippen MR) is 212 cm³/mol. The fourth-order valence-corrected chi connectivity index (χ4v) is 9.52. The number of rotatable bonds is 8. The van der Waals surface area contributed by atoms with Crippen LogP contribution in [0.2, 0.25) is 0 Å². The number of ether oxygens (including phenoxy) is 1. The van der Waals surface area contributed by atoms with Crippen molar-refractivity contribution in [1.82, 2.24) is 15.1 Å². The van der Waals surface area contributed by atoms with Gasteiger partial charge in [0, 0.05) is 92.6 Å². The monoisotopic (exact) mass is 739 g/mol. The number of benzene rings is 4. The number of phenolic OH excluding ortho intramolecular Hbond substituents is 1. The number of imide groups is 1. The van der Waals surface area contributed by atoms with Crippen LogP contribution in [0, 0.1) is 5.92 Å². The molecule has 4 aromatic carbocycles. The van der Waals surface area contributed by atoms with Crippen molar-refractivity contribution in [3.05, 3.63) is 119 Å². The van der Waals surface area contributed by atoms with Crippen LogP contribution in [0.4, 0.5) is 11.4 Å². The lowest BCUT2D eigenvalue weighted by Crippen LogP contribution is -2.52. The van der Waals surface area contributed by atoms with Crippen LogP contribution in [0.25, 0.3) is 0 Å². The highest BCUT2D eigenvalue weighted by molar-refractivity contribution is 6.05. The maximum absolute atomic E-state index is 13.1. The lowest BCUT2D eigenvalue weighted by molar-refractivity contribution is -0.136. The first kappa shape index (κ1) is 35.4. The molecule has 3 amide bonds. The van der Waals surface area contributed by atoms with Crippen molar-refractivity contribution >= 4 is 29.1 Å². The van der Waals surface area contributed by atoms with Gasteiger partial charge in [0.15, 0.2) is 0 Å². The molecule has 0 radical (unpaired) electrons. The van der Waals surface area contributed by atoms with Crippen molar-refractivity contribution < 1.29 is 24.2 Å². The molecule has 2 N–H and O–H groups in total. The van der Waals surface area contributed by atoms with Crippen molar-refractivity contribution in [2.24, 2.45) is 5.92 Å². The summed E-state index contributed by atoms with van der Waals surface area (Å²) in [6.07, 6.45) is 4.28. The second-order valence-corrected chi connectivity index (χ2v) is 15.9. The molecule has 55 heavy (non-hydrogen) atoms. The number of aromatic hydroxyl groups is 1. The summed E-state index contributed by atoms with van der Waals surface area (Å²) in [5, 5.41) is 12.5. The number of hydrogen-bond acceptors (Lipinski definition) is 8. The highest BCUT2D eigenvalue weighted by Gasteiger charge is 2.39. The number of carbonyl (C=O) groups is 3. The summed E-state index contributed by atoms with van der Waals surface area (Å²) >= 11 is 0. The van der Waals surface area contributed by atoms with Crippen LogP contribution >= 0.6 is 0 Å². The van der Waals surface area contributed by atoms with Crippen molar-refractivity contribution in [3.8, 4) is 11.5 Å². The number of hydrogen-bond donors (Lipinski definition) is 2. The maximum atomic E-state index is 13.1. The van der Waals surface area contributed by atoms with E-state index in [1.807, 2.05) is 18.2 Å². The van der Waals surface area contributed by atoms with Gasteiger partial charge in [-0.25, -0.2) is 0 Å². The molecule has 0 aliphatic carbocycles. The van der Waals surface area contributed by atoms with Gasteiger partial charge in [-0.1, -0.05) is 48.5 Å². The van der Waals surface area contributed by atoms with E-state index in [1.54, 1.807) is 17.0 Å². The molecule has 0 spiro atoms. The second-order valence-electron chi connectivity index (χ2n) is 15.9. The topological polar surface area (TPSA) is 106 Å². The van der Waals surface area contributed by atoms with Gasteiger partial charge in [0.05, 0.1) is 6.61 Å². The zero-order valence-corrected chi connectivity index (χ0v) is 31.2. The number of nitrogens with zero attached hydrogens (tertiary/aromatic N) is 4. The Kier molecular flexibility index (Phi) is 9.68. The Hall–Kier alpha value is -5.35. The summed E-state index contributed by atoms with van der Waals surface area (Å²) in [5.41, 5.74) is 7.69. The Morgan fingerprint density at radius 1 is 0.745 bits per heavy atom. The van der Waals surface area contributed by atoms with E-state index >= 15 is 0 Å². The van der Waals surface area contributed by atoms with Crippen LogP contribution < -0.4 is 19.9 Å². The molecule has 0 bridgehead atoms. The Morgan fingerprint density at radius 2 is 1.49 bits per heavy atom. The SMILES string of the molecule is O=C1CC[C@H](N2Cc3cc(N4CCN(CCC5CCN(c6ccc(C7c8ccc(O)cc8OCC7c7ccccc7)cc6)CC5)CC4)ccc3C2=O)C(=O)N1. The Bertz CT molecular complexity index is 2060. The molecule has 284 valence electrons. The number of fused-ring (bicyclic) bond motifs is 2. The average molecular weight is 740 g/mol. The third-order valence-electron chi connectivity index (χ3n) is 12.7. The lowest BCUT2D eigenvalue weighted by Gasteiger charge is -2.38. The standard InChI is InChI=1S/C45H49N5O5/c51-36-11-13-38-41(27-36)55-29-39(31-4-2-1-3-5-31)43(38)32-6-8-34(9-7-32)48-20-17-30(18-21-48)16-19-47-22-24-49(25-23-47)35-10-12-37-33(26-35)28-50(45(37)54)40-14-15-42(52)46-44(40)53/h1-13,26-27,30,39-40,43,51H,14-25,28-29H2,(H,46,52,53)/t39?,40-,43?/m0/s1. The van der Waals surface area contributed by atoms with E-state index in [4.69, 9.17) is 4.74 Å². The van der Waals surface area contributed by atoms with E-state index in [0.717, 1.165) is 74.3 Å². The van der Waals surface area contributed by atoms with Crippen molar-refractivity contribution in [2.45, 2.75) is 56.5 Å². The summed E-state index contributed by atoms with van der Waals surface area (Å²) in [6.45, 7) is 8.20. The third-order valence-corrected chi connectivity index (χ3v) is 12.7. The number of amides is 3. The quantitative estimate of drug-likeness (QED) is 0.216. The normalized spacial score (nSPS) is 23.3. The molecule has 2 unspecified atom stereocenters. The van der Waals surface area contributed by atoms with Gasteiger partial charge in [-0.15, -0.1) is 0 Å². The van der Waals surface area contributed by atoms with Crippen LogP contribution in [0.3, 0.4) is 0 Å². The van der Waals surface area contributed by atoms with Crippen LogP contribution in [0.1, 0.15) is 76.6 Å². The molecule has 10 heteroatoms. The van der Waals surface area contributed by atoms with Gasteiger partial charge in [0.2, 0.25) is 11.8 Å². The number of carbonyl (C=O) groups excluding carboxylic acids is 3. The van der Waals surface area contributed by atoms with Gasteiger partial charge >= 0.3 is 0 Å². The molecule has 5 heterocycles. The first-order chi connectivity index (χ1) is 26.9. The lowest BCUT2D eigenvalue weighted by atomic mass is 9.76. The Morgan fingerprint density at radius 3 is 2.25 bits per heavy atom. The molecule has 5 aliphatic rings. The minimum absolute atomic E-state index is 0.123. The number of nitrogens with one attached hydrogen (secondary N) is 1. The van der Waals surface area contributed by atoms with Gasteiger partial charge in [-0.2, -0.15) is 0 Å². The molecule has 0 saturated carbocycles. The minimum atomic E-state index is -0.586. The first-order valence-electron chi connectivity index (χ1n) is 20.0. The highest BCUT2D eigenvalue weighted by Crippen LogP contribution is 2.47. The van der Waals surface area contributed by atoms with E-state index in [1.165, 1.54) is 36.1 Å². The Balaban J connectivity index is 0.756. The van der Waals surface area contributed by atoms with Crippen LogP contribution in [-0.4, -0.2) is 91.1 Å². The van der Waals surface area contributed by atoms with Gasteiger partial charge in [-0.3, -0.25) is 24.6 Å². The second kappa shape index (κ2) is 15.1. The fourth-order valence-electron chi connectivity index (χ4n) is 9.52. The molecule has 3 fully saturated rings. The number of anilines is 2. The molecule has 3 atom stereocenters. The Labute approximate surface area is 322 Å². The number of phenols is 1. The van der Waals surface area contributed by atoms with Gasteiger partial charge in [0.1, 0.15) is 17.5 Å². The first-order valence-corrected chi connectivity index (χ1v) is 20.0. The summed E-state index contributed by atoms with van der Waals surface area (Å²) < 4.78 is 6.17. The summed E-state index contributed by atoms with van der Waals surface area (Å²) in [5.74, 6) is 1.30. The number of piperidine rings is 2. The molecular weight excluding hydrogens is 691 g/mol. The van der Waals surface area contributed by atoms with Crippen molar-refractivity contribution in [1.29, 1.82) is 0 Å². The van der Waals surface area contributed by atoms with Gasteiger partial charge in [-0.05, 0) is 91.2 Å². The molecule has 3 saturated heterocycles. The van der Waals surface area contributed by atoms with E-state index < -0.39 is 6.04 Å². The molecule has 4 aromatic rings. The van der Waals surface area contributed by atoms with Crippen molar-refractivity contribution in [3.63, 3.8) is 0 Å². The van der Waals surface area contributed by atoms with Crippen LogP contribution in [0.15, 0.2) is 91.0 Å². The zero-order chi connectivity index (χ0) is 37.5. The molecule has 5 aliphatic heterocycles. The maximum Gasteiger partial charge on any atom is 0.255 e. The van der Waals surface area contributed by atoms with Crippen LogP contribution in [0.5, 0.6) is 11.5 Å². The summed E-state index contributed by atoms with van der Waals surface area (Å²) in [6, 6.07) is 30.8. The smallest absolute Gasteiger partial charge is 0.255 e. The van der Waals surface area contributed by atoms with Crippen LogP contribution in [-0.2, 0) is 16.1 Å². The van der Waals surface area contributed by atoms with E-state index in [0.29, 0.717) is 25.1 Å².